The summed E-state index contributed by atoms with van der Waals surface area (Å²) in [5.41, 5.74) is 1.36. The van der Waals surface area contributed by atoms with Crippen LogP contribution < -0.4 is 9.62 Å². The summed E-state index contributed by atoms with van der Waals surface area (Å²) in [6.45, 7) is -0.374. The maximum atomic E-state index is 12.4. The van der Waals surface area contributed by atoms with Crippen LogP contribution in [0.4, 0.5) is 11.4 Å². The Balaban J connectivity index is 1.93. The summed E-state index contributed by atoms with van der Waals surface area (Å²) in [7, 11) is -3.70. The molecule has 3 rings (SSSR count). The number of benzene rings is 2. The number of para-hydroxylation sites is 1. The van der Waals surface area contributed by atoms with Crippen LogP contribution in [0.1, 0.15) is 0 Å². The third kappa shape index (κ3) is 4.12. The molecule has 134 valence electrons. The Bertz CT molecular complexity index is 1060. The van der Waals surface area contributed by atoms with Gasteiger partial charge in [0.25, 0.3) is 0 Å². The highest BCUT2D eigenvalue weighted by molar-refractivity contribution is 7.92. The van der Waals surface area contributed by atoms with E-state index >= 15 is 0 Å². The molecule has 0 unspecified atom stereocenters. The van der Waals surface area contributed by atoms with Gasteiger partial charge in [-0.05, 0) is 30.3 Å². The number of carbonyl (C=O) groups excluding carboxylic acids is 1. The fraction of sp³-hybridized carbons (Fsp3) is 0.111. The molecule has 8 heteroatoms. The maximum absolute atomic E-state index is 12.4. The number of nitrogens with zero attached hydrogens (tertiary/aromatic N) is 2. The largest absolute Gasteiger partial charge is 0.324 e. The minimum Gasteiger partial charge on any atom is -0.324 e. The number of hydrogen-bond acceptors (Lipinski definition) is 4. The second-order valence-corrected chi connectivity index (χ2v) is 8.02. The Kier molecular flexibility index (Phi) is 5.11. The van der Waals surface area contributed by atoms with Crippen molar-refractivity contribution in [3.05, 3.63) is 65.8 Å². The molecule has 1 amide bonds. The Morgan fingerprint density at radius 3 is 2.62 bits per heavy atom. The molecule has 1 N–H and O–H groups in total. The molecule has 1 aromatic heterocycles. The van der Waals surface area contributed by atoms with Crippen LogP contribution in [0.5, 0.6) is 0 Å². The standard InChI is InChI=1S/C18H16ClN3O3S/c1-26(24,25)22(12-17(23)21-15-8-3-7-14(19)11-15)16-9-2-5-13-6-4-10-20-18(13)16/h2-11H,12H2,1H3,(H,21,23). The van der Waals surface area contributed by atoms with Gasteiger partial charge in [-0.1, -0.05) is 35.9 Å². The molecule has 3 aromatic rings. The Morgan fingerprint density at radius 2 is 1.88 bits per heavy atom. The van der Waals surface area contributed by atoms with Crippen LogP contribution in [0.25, 0.3) is 10.9 Å². The first-order valence-electron chi connectivity index (χ1n) is 7.71. The molecule has 6 nitrogen and oxygen atoms in total. The number of aromatic nitrogens is 1. The number of halogens is 1. The number of pyridine rings is 1. The van der Waals surface area contributed by atoms with Gasteiger partial charge in [-0.15, -0.1) is 0 Å². The van der Waals surface area contributed by atoms with Crippen molar-refractivity contribution < 1.29 is 13.2 Å². The van der Waals surface area contributed by atoms with Crippen molar-refractivity contribution in [2.75, 3.05) is 22.4 Å². The molecule has 0 atom stereocenters. The predicted molar refractivity (Wildman–Crippen MR) is 104 cm³/mol. The van der Waals surface area contributed by atoms with Crippen molar-refractivity contribution in [1.29, 1.82) is 0 Å². The maximum Gasteiger partial charge on any atom is 0.245 e. The number of anilines is 2. The fourth-order valence-corrected chi connectivity index (χ4v) is 3.61. The number of sulfonamides is 1. The highest BCUT2D eigenvalue weighted by Crippen LogP contribution is 2.26. The summed E-state index contributed by atoms with van der Waals surface area (Å²) in [5, 5.41) is 3.91. The molecule has 26 heavy (non-hydrogen) atoms. The van der Waals surface area contributed by atoms with E-state index in [0.717, 1.165) is 15.9 Å². The van der Waals surface area contributed by atoms with Gasteiger partial charge in [-0.3, -0.25) is 14.1 Å². The lowest BCUT2D eigenvalue weighted by Gasteiger charge is -2.23. The monoisotopic (exact) mass is 389 g/mol. The van der Waals surface area contributed by atoms with E-state index in [1.807, 2.05) is 12.1 Å². The van der Waals surface area contributed by atoms with Crippen molar-refractivity contribution in [1.82, 2.24) is 4.98 Å². The van der Waals surface area contributed by atoms with Crippen LogP contribution in [0, 0.1) is 0 Å². The second kappa shape index (κ2) is 7.31. The van der Waals surface area contributed by atoms with Gasteiger partial charge in [0.1, 0.15) is 6.54 Å². The van der Waals surface area contributed by atoms with E-state index < -0.39 is 15.9 Å². The highest BCUT2D eigenvalue weighted by atomic mass is 35.5. The van der Waals surface area contributed by atoms with E-state index in [-0.39, 0.29) is 6.54 Å². The van der Waals surface area contributed by atoms with Gasteiger partial charge >= 0.3 is 0 Å². The van der Waals surface area contributed by atoms with Crippen LogP contribution in [-0.2, 0) is 14.8 Å². The molecule has 0 bridgehead atoms. The molecule has 0 radical (unpaired) electrons. The van der Waals surface area contributed by atoms with Crippen molar-refractivity contribution >= 4 is 49.8 Å². The molecule has 0 saturated heterocycles. The molecule has 0 aliphatic rings. The first-order chi connectivity index (χ1) is 12.3. The predicted octanol–water partition coefficient (Wildman–Crippen LogP) is 3.29. The van der Waals surface area contributed by atoms with Crippen molar-refractivity contribution in [2.24, 2.45) is 0 Å². The van der Waals surface area contributed by atoms with E-state index in [1.165, 1.54) is 0 Å². The third-order valence-electron chi connectivity index (χ3n) is 3.68. The summed E-state index contributed by atoms with van der Waals surface area (Å²) in [6.07, 6.45) is 2.64. The summed E-state index contributed by atoms with van der Waals surface area (Å²) >= 11 is 5.90. The number of hydrogen-bond donors (Lipinski definition) is 1. The molecule has 2 aromatic carbocycles. The van der Waals surface area contributed by atoms with Gasteiger partial charge in [0.05, 0.1) is 17.5 Å². The third-order valence-corrected chi connectivity index (χ3v) is 5.04. The zero-order valence-electron chi connectivity index (χ0n) is 13.9. The molecule has 0 fully saturated rings. The molecule has 0 aliphatic heterocycles. The van der Waals surface area contributed by atoms with E-state index in [2.05, 4.69) is 10.3 Å². The number of carbonyl (C=O) groups is 1. The normalized spacial score (nSPS) is 11.3. The summed E-state index contributed by atoms with van der Waals surface area (Å²) in [6, 6.07) is 15.4. The zero-order valence-corrected chi connectivity index (χ0v) is 15.5. The minimum atomic E-state index is -3.70. The fourth-order valence-electron chi connectivity index (χ4n) is 2.57. The highest BCUT2D eigenvalue weighted by Gasteiger charge is 2.23. The summed E-state index contributed by atoms with van der Waals surface area (Å²) in [5.74, 6) is -0.481. The van der Waals surface area contributed by atoms with Gasteiger partial charge in [-0.25, -0.2) is 8.42 Å². The number of amides is 1. The Labute approximate surface area is 156 Å². The lowest BCUT2D eigenvalue weighted by Crippen LogP contribution is -2.37. The van der Waals surface area contributed by atoms with E-state index in [4.69, 9.17) is 11.6 Å². The molecule has 1 heterocycles. The lowest BCUT2D eigenvalue weighted by atomic mass is 10.2. The van der Waals surface area contributed by atoms with Crippen molar-refractivity contribution in [3.8, 4) is 0 Å². The van der Waals surface area contributed by atoms with Crippen LogP contribution in [0.2, 0.25) is 5.02 Å². The quantitative estimate of drug-likeness (QED) is 0.726. The average Bonchev–Trinajstić information content (AvgIpc) is 2.58. The van der Waals surface area contributed by atoms with Gasteiger partial charge < -0.3 is 5.32 Å². The van der Waals surface area contributed by atoms with Crippen LogP contribution in [0.15, 0.2) is 60.8 Å². The number of rotatable bonds is 5. The van der Waals surface area contributed by atoms with E-state index in [1.54, 1.807) is 48.7 Å². The summed E-state index contributed by atoms with van der Waals surface area (Å²) < 4.78 is 25.7. The molecular formula is C18H16ClN3O3S. The Morgan fingerprint density at radius 1 is 1.15 bits per heavy atom. The summed E-state index contributed by atoms with van der Waals surface area (Å²) in [4.78, 5) is 16.7. The smallest absolute Gasteiger partial charge is 0.245 e. The Hall–Kier alpha value is -2.64. The average molecular weight is 390 g/mol. The first-order valence-corrected chi connectivity index (χ1v) is 9.94. The SMILES string of the molecule is CS(=O)(=O)N(CC(=O)Nc1cccc(Cl)c1)c1cccc2cccnc12. The van der Waals surface area contributed by atoms with Gasteiger partial charge in [0.15, 0.2) is 0 Å². The first kappa shape index (κ1) is 18.2. The second-order valence-electron chi connectivity index (χ2n) is 5.68. The topological polar surface area (TPSA) is 79.4 Å². The van der Waals surface area contributed by atoms with Gasteiger partial charge in [0, 0.05) is 22.3 Å². The van der Waals surface area contributed by atoms with Crippen LogP contribution in [-0.4, -0.2) is 32.1 Å². The van der Waals surface area contributed by atoms with Gasteiger partial charge in [0.2, 0.25) is 15.9 Å². The van der Waals surface area contributed by atoms with Crippen molar-refractivity contribution in [2.45, 2.75) is 0 Å². The lowest BCUT2D eigenvalue weighted by molar-refractivity contribution is -0.114. The minimum absolute atomic E-state index is 0.354. The molecule has 0 aliphatic carbocycles. The molecule has 0 spiro atoms. The van der Waals surface area contributed by atoms with E-state index in [9.17, 15) is 13.2 Å². The van der Waals surface area contributed by atoms with Gasteiger partial charge in [-0.2, -0.15) is 0 Å². The zero-order chi connectivity index (χ0) is 18.7. The number of nitrogens with one attached hydrogen (secondary N) is 1. The molecule has 0 saturated carbocycles. The number of fused-ring (bicyclic) bond motifs is 1. The molecular weight excluding hydrogens is 374 g/mol. The van der Waals surface area contributed by atoms with Crippen molar-refractivity contribution in [3.63, 3.8) is 0 Å². The van der Waals surface area contributed by atoms with Crippen LogP contribution >= 0.6 is 11.6 Å². The van der Waals surface area contributed by atoms with Crippen LogP contribution in [0.3, 0.4) is 0 Å². The van der Waals surface area contributed by atoms with E-state index in [0.29, 0.717) is 21.9 Å².